The van der Waals surface area contributed by atoms with E-state index in [1.54, 1.807) is 0 Å². The Bertz CT molecular complexity index is 635. The summed E-state index contributed by atoms with van der Waals surface area (Å²) >= 11 is 0. The number of rotatable bonds is 5. The lowest BCUT2D eigenvalue weighted by Gasteiger charge is -2.12. The van der Waals surface area contributed by atoms with Crippen molar-refractivity contribution in [3.05, 3.63) is 64.7 Å². The van der Waals surface area contributed by atoms with Gasteiger partial charge in [-0.3, -0.25) is 4.79 Å². The van der Waals surface area contributed by atoms with E-state index in [4.69, 9.17) is 0 Å². The van der Waals surface area contributed by atoms with E-state index in [1.165, 1.54) is 5.56 Å². The zero-order chi connectivity index (χ0) is 15.2. The Balaban J connectivity index is 2.09. The fraction of sp³-hybridized carbons (Fsp3) is 0.278. The monoisotopic (exact) mass is 282 g/mol. The Morgan fingerprint density at radius 1 is 1.05 bits per heavy atom. The van der Waals surface area contributed by atoms with Gasteiger partial charge in [0.25, 0.3) is 5.91 Å². The maximum absolute atomic E-state index is 12.4. The summed E-state index contributed by atoms with van der Waals surface area (Å²) in [6.45, 7) is 7.43. The standard InChI is InChI=1S/C18H22N2O/c1-4-19-17-11-14(3)8-9-16(17)18(21)20-12-15-7-5-6-13(2)10-15/h5-11,19H,4,12H2,1-3H3,(H,20,21). The molecule has 0 unspecified atom stereocenters. The summed E-state index contributed by atoms with van der Waals surface area (Å²) in [4.78, 5) is 12.4. The molecule has 2 aromatic carbocycles. The van der Waals surface area contributed by atoms with E-state index < -0.39 is 0 Å². The summed E-state index contributed by atoms with van der Waals surface area (Å²) in [5.41, 5.74) is 5.03. The second kappa shape index (κ2) is 6.93. The Morgan fingerprint density at radius 3 is 2.52 bits per heavy atom. The van der Waals surface area contributed by atoms with Gasteiger partial charge in [0.05, 0.1) is 5.56 Å². The molecule has 1 amide bonds. The molecular formula is C18H22N2O. The van der Waals surface area contributed by atoms with Crippen LogP contribution in [0, 0.1) is 13.8 Å². The second-order valence-electron chi connectivity index (χ2n) is 5.25. The fourth-order valence-electron chi connectivity index (χ4n) is 2.29. The van der Waals surface area contributed by atoms with E-state index in [1.807, 2.05) is 44.2 Å². The maximum Gasteiger partial charge on any atom is 0.253 e. The van der Waals surface area contributed by atoms with Crippen LogP contribution >= 0.6 is 0 Å². The lowest BCUT2D eigenvalue weighted by atomic mass is 10.1. The largest absolute Gasteiger partial charge is 0.385 e. The summed E-state index contributed by atoms with van der Waals surface area (Å²) in [5, 5.41) is 6.23. The highest BCUT2D eigenvalue weighted by molar-refractivity contribution is 5.99. The number of anilines is 1. The number of aryl methyl sites for hydroxylation is 2. The number of carbonyl (C=O) groups is 1. The molecule has 3 nitrogen and oxygen atoms in total. The van der Waals surface area contributed by atoms with Gasteiger partial charge >= 0.3 is 0 Å². The fourth-order valence-corrected chi connectivity index (χ4v) is 2.29. The minimum atomic E-state index is -0.0487. The van der Waals surface area contributed by atoms with Crippen molar-refractivity contribution in [2.75, 3.05) is 11.9 Å². The van der Waals surface area contributed by atoms with E-state index in [-0.39, 0.29) is 5.91 Å². The molecule has 0 saturated carbocycles. The third-order valence-electron chi connectivity index (χ3n) is 3.32. The van der Waals surface area contributed by atoms with E-state index in [0.717, 1.165) is 23.4 Å². The quantitative estimate of drug-likeness (QED) is 0.878. The first kappa shape index (κ1) is 15.1. The minimum absolute atomic E-state index is 0.0487. The molecule has 0 aliphatic carbocycles. The summed E-state index contributed by atoms with van der Waals surface area (Å²) in [6.07, 6.45) is 0. The van der Waals surface area contributed by atoms with Crippen LogP contribution in [0.1, 0.15) is 34.0 Å². The smallest absolute Gasteiger partial charge is 0.253 e. The van der Waals surface area contributed by atoms with Gasteiger partial charge in [-0.2, -0.15) is 0 Å². The van der Waals surface area contributed by atoms with Crippen LogP contribution < -0.4 is 10.6 Å². The highest BCUT2D eigenvalue weighted by Gasteiger charge is 2.10. The normalized spacial score (nSPS) is 10.2. The van der Waals surface area contributed by atoms with Crippen LogP contribution in [0.4, 0.5) is 5.69 Å². The summed E-state index contributed by atoms with van der Waals surface area (Å²) in [6, 6.07) is 14.0. The van der Waals surface area contributed by atoms with Crippen LogP contribution in [0.15, 0.2) is 42.5 Å². The van der Waals surface area contributed by atoms with Crippen molar-refractivity contribution < 1.29 is 4.79 Å². The summed E-state index contributed by atoms with van der Waals surface area (Å²) in [7, 11) is 0. The molecule has 2 aromatic rings. The zero-order valence-corrected chi connectivity index (χ0v) is 12.9. The van der Waals surface area contributed by atoms with Gasteiger partial charge < -0.3 is 10.6 Å². The molecule has 0 aromatic heterocycles. The molecule has 110 valence electrons. The highest BCUT2D eigenvalue weighted by Crippen LogP contribution is 2.17. The molecule has 0 radical (unpaired) electrons. The van der Waals surface area contributed by atoms with Gasteiger partial charge in [-0.15, -0.1) is 0 Å². The van der Waals surface area contributed by atoms with Crippen LogP contribution in [-0.2, 0) is 6.54 Å². The summed E-state index contributed by atoms with van der Waals surface area (Å²) in [5.74, 6) is -0.0487. The molecule has 0 fully saturated rings. The van der Waals surface area contributed by atoms with Gasteiger partial charge in [-0.05, 0) is 44.0 Å². The second-order valence-corrected chi connectivity index (χ2v) is 5.25. The predicted octanol–water partition coefficient (Wildman–Crippen LogP) is 3.67. The van der Waals surface area contributed by atoms with Crippen LogP contribution in [0.2, 0.25) is 0 Å². The van der Waals surface area contributed by atoms with Gasteiger partial charge in [0, 0.05) is 18.8 Å². The third-order valence-corrected chi connectivity index (χ3v) is 3.32. The van der Waals surface area contributed by atoms with Crippen LogP contribution in [-0.4, -0.2) is 12.5 Å². The van der Waals surface area contributed by atoms with E-state index in [2.05, 4.69) is 29.7 Å². The first-order valence-corrected chi connectivity index (χ1v) is 7.28. The molecule has 0 atom stereocenters. The molecule has 0 aliphatic rings. The molecule has 2 rings (SSSR count). The van der Waals surface area contributed by atoms with Crippen LogP contribution in [0.3, 0.4) is 0 Å². The number of carbonyl (C=O) groups excluding carboxylic acids is 1. The summed E-state index contributed by atoms with van der Waals surface area (Å²) < 4.78 is 0. The van der Waals surface area contributed by atoms with Crippen molar-refractivity contribution in [3.8, 4) is 0 Å². The van der Waals surface area contributed by atoms with E-state index in [0.29, 0.717) is 12.1 Å². The molecule has 21 heavy (non-hydrogen) atoms. The molecule has 3 heteroatoms. The van der Waals surface area contributed by atoms with Gasteiger partial charge in [0.1, 0.15) is 0 Å². The van der Waals surface area contributed by atoms with Crippen molar-refractivity contribution in [1.82, 2.24) is 5.32 Å². The minimum Gasteiger partial charge on any atom is -0.385 e. The number of hydrogen-bond acceptors (Lipinski definition) is 2. The van der Waals surface area contributed by atoms with Gasteiger partial charge in [-0.25, -0.2) is 0 Å². The molecule has 0 spiro atoms. The number of amides is 1. The van der Waals surface area contributed by atoms with Crippen LogP contribution in [0.5, 0.6) is 0 Å². The number of hydrogen-bond donors (Lipinski definition) is 2. The zero-order valence-electron chi connectivity index (χ0n) is 12.9. The van der Waals surface area contributed by atoms with Gasteiger partial charge in [0.2, 0.25) is 0 Å². The number of benzene rings is 2. The molecular weight excluding hydrogens is 260 g/mol. The van der Waals surface area contributed by atoms with E-state index in [9.17, 15) is 4.79 Å². The average molecular weight is 282 g/mol. The first-order valence-electron chi connectivity index (χ1n) is 7.28. The Hall–Kier alpha value is -2.29. The van der Waals surface area contributed by atoms with E-state index >= 15 is 0 Å². The van der Waals surface area contributed by atoms with Crippen molar-refractivity contribution >= 4 is 11.6 Å². The Morgan fingerprint density at radius 2 is 1.81 bits per heavy atom. The third kappa shape index (κ3) is 4.09. The van der Waals surface area contributed by atoms with Gasteiger partial charge in [0.15, 0.2) is 0 Å². The molecule has 0 saturated heterocycles. The van der Waals surface area contributed by atoms with Crippen molar-refractivity contribution in [2.24, 2.45) is 0 Å². The Kier molecular flexibility index (Phi) is 4.99. The van der Waals surface area contributed by atoms with Crippen molar-refractivity contribution in [1.29, 1.82) is 0 Å². The van der Waals surface area contributed by atoms with Gasteiger partial charge in [-0.1, -0.05) is 35.9 Å². The molecule has 0 aliphatic heterocycles. The lowest BCUT2D eigenvalue weighted by Crippen LogP contribution is -2.24. The topological polar surface area (TPSA) is 41.1 Å². The predicted molar refractivity (Wildman–Crippen MR) is 87.7 cm³/mol. The van der Waals surface area contributed by atoms with Crippen molar-refractivity contribution in [2.45, 2.75) is 27.3 Å². The van der Waals surface area contributed by atoms with Crippen molar-refractivity contribution in [3.63, 3.8) is 0 Å². The first-order chi connectivity index (χ1) is 10.1. The average Bonchev–Trinajstić information content (AvgIpc) is 2.45. The maximum atomic E-state index is 12.4. The lowest BCUT2D eigenvalue weighted by molar-refractivity contribution is 0.0951. The SMILES string of the molecule is CCNc1cc(C)ccc1C(=O)NCc1cccc(C)c1. The highest BCUT2D eigenvalue weighted by atomic mass is 16.1. The molecule has 2 N–H and O–H groups in total. The molecule has 0 bridgehead atoms. The molecule has 0 heterocycles. The number of nitrogens with one attached hydrogen (secondary N) is 2. The Labute approximate surface area is 126 Å². The van der Waals surface area contributed by atoms with Crippen LogP contribution in [0.25, 0.3) is 0 Å².